The van der Waals surface area contributed by atoms with E-state index in [1.807, 2.05) is 0 Å². The van der Waals surface area contributed by atoms with Gasteiger partial charge in [0, 0.05) is 7.05 Å². The van der Waals surface area contributed by atoms with Gasteiger partial charge in [0.05, 0.1) is 0 Å². The molecule has 15 heavy (non-hydrogen) atoms. The van der Waals surface area contributed by atoms with Gasteiger partial charge in [0.15, 0.2) is 18.2 Å². The summed E-state index contributed by atoms with van der Waals surface area (Å²) in [5.74, 6) is 0.177. The molecule has 2 rings (SSSR count). The van der Waals surface area contributed by atoms with E-state index >= 15 is 0 Å². The minimum absolute atomic E-state index is 0.0198. The molecule has 0 saturated heterocycles. The van der Waals surface area contributed by atoms with Crippen molar-refractivity contribution in [3.05, 3.63) is 17.8 Å². The SMILES string of the molecule is CNC(=O)c1ccc2c(n1)NC(=O)CO2. The lowest BCUT2D eigenvalue weighted by atomic mass is 10.3. The van der Waals surface area contributed by atoms with E-state index < -0.39 is 0 Å². The van der Waals surface area contributed by atoms with E-state index in [-0.39, 0.29) is 29.9 Å². The third-order valence-electron chi connectivity index (χ3n) is 1.93. The van der Waals surface area contributed by atoms with Crippen molar-refractivity contribution < 1.29 is 14.3 Å². The van der Waals surface area contributed by atoms with E-state index in [1.54, 1.807) is 6.07 Å². The molecule has 0 spiro atoms. The fraction of sp³-hybridized carbons (Fsp3) is 0.222. The highest BCUT2D eigenvalue weighted by Gasteiger charge is 2.18. The zero-order valence-corrected chi connectivity index (χ0v) is 8.03. The van der Waals surface area contributed by atoms with Crippen LogP contribution in [0.1, 0.15) is 10.5 Å². The summed E-state index contributed by atoms with van der Waals surface area (Å²) in [7, 11) is 1.51. The van der Waals surface area contributed by atoms with Gasteiger partial charge in [0.2, 0.25) is 0 Å². The van der Waals surface area contributed by atoms with Crippen LogP contribution < -0.4 is 15.4 Å². The number of pyridine rings is 1. The molecule has 0 unspecified atom stereocenters. The van der Waals surface area contributed by atoms with Crippen LogP contribution in [0.4, 0.5) is 5.82 Å². The number of rotatable bonds is 1. The number of anilines is 1. The molecule has 1 aliphatic rings. The van der Waals surface area contributed by atoms with Crippen molar-refractivity contribution in [1.82, 2.24) is 10.3 Å². The number of hydrogen-bond acceptors (Lipinski definition) is 4. The maximum atomic E-state index is 11.3. The van der Waals surface area contributed by atoms with E-state index in [0.29, 0.717) is 5.75 Å². The van der Waals surface area contributed by atoms with E-state index in [1.165, 1.54) is 13.1 Å². The van der Waals surface area contributed by atoms with Crippen LogP contribution in [-0.4, -0.2) is 30.5 Å². The first-order valence-corrected chi connectivity index (χ1v) is 4.36. The van der Waals surface area contributed by atoms with E-state index in [2.05, 4.69) is 15.6 Å². The van der Waals surface area contributed by atoms with Crippen molar-refractivity contribution in [2.75, 3.05) is 19.0 Å². The number of carbonyl (C=O) groups excluding carboxylic acids is 2. The number of nitrogens with one attached hydrogen (secondary N) is 2. The van der Waals surface area contributed by atoms with Crippen molar-refractivity contribution >= 4 is 17.6 Å². The summed E-state index contributed by atoms with van der Waals surface area (Å²) in [6.45, 7) is -0.0198. The molecule has 2 amide bonds. The summed E-state index contributed by atoms with van der Waals surface area (Å²) in [5.41, 5.74) is 0.238. The fourth-order valence-electron chi connectivity index (χ4n) is 1.22. The van der Waals surface area contributed by atoms with Crippen LogP contribution in [0.2, 0.25) is 0 Å². The van der Waals surface area contributed by atoms with Gasteiger partial charge in [0.25, 0.3) is 11.8 Å². The molecule has 1 aromatic heterocycles. The number of nitrogens with zero attached hydrogens (tertiary/aromatic N) is 1. The van der Waals surface area contributed by atoms with Gasteiger partial charge in [-0.15, -0.1) is 0 Å². The monoisotopic (exact) mass is 207 g/mol. The van der Waals surface area contributed by atoms with Crippen LogP contribution in [-0.2, 0) is 4.79 Å². The molecule has 0 aromatic carbocycles. The van der Waals surface area contributed by atoms with Crippen LogP contribution in [0.15, 0.2) is 12.1 Å². The first-order valence-electron chi connectivity index (χ1n) is 4.36. The number of amides is 2. The fourth-order valence-corrected chi connectivity index (χ4v) is 1.22. The van der Waals surface area contributed by atoms with Crippen LogP contribution in [0.5, 0.6) is 5.75 Å². The average molecular weight is 207 g/mol. The van der Waals surface area contributed by atoms with Crippen LogP contribution in [0.3, 0.4) is 0 Å². The second kappa shape index (κ2) is 3.56. The van der Waals surface area contributed by atoms with Gasteiger partial charge in [-0.3, -0.25) is 9.59 Å². The zero-order valence-electron chi connectivity index (χ0n) is 8.03. The largest absolute Gasteiger partial charge is 0.480 e. The number of aromatic nitrogens is 1. The maximum absolute atomic E-state index is 11.3. The summed E-state index contributed by atoms with van der Waals surface area (Å²) in [4.78, 5) is 26.2. The van der Waals surface area contributed by atoms with Crippen molar-refractivity contribution in [2.45, 2.75) is 0 Å². The van der Waals surface area contributed by atoms with Crippen LogP contribution in [0, 0.1) is 0 Å². The molecule has 6 nitrogen and oxygen atoms in total. The molecule has 78 valence electrons. The van der Waals surface area contributed by atoms with Gasteiger partial charge < -0.3 is 15.4 Å². The van der Waals surface area contributed by atoms with Gasteiger partial charge in [-0.2, -0.15) is 0 Å². The summed E-state index contributed by atoms with van der Waals surface area (Å²) in [6.07, 6.45) is 0. The molecule has 0 radical (unpaired) electrons. The summed E-state index contributed by atoms with van der Waals surface area (Å²) < 4.78 is 5.10. The Hall–Kier alpha value is -2.11. The highest BCUT2D eigenvalue weighted by atomic mass is 16.5. The Labute approximate surface area is 85.6 Å². The molecular weight excluding hydrogens is 198 g/mol. The van der Waals surface area contributed by atoms with Gasteiger partial charge in [0.1, 0.15) is 5.69 Å². The third-order valence-corrected chi connectivity index (χ3v) is 1.93. The van der Waals surface area contributed by atoms with Crippen molar-refractivity contribution in [1.29, 1.82) is 0 Å². The Bertz CT molecular complexity index is 431. The summed E-state index contributed by atoms with van der Waals surface area (Å²) >= 11 is 0. The van der Waals surface area contributed by atoms with Crippen molar-refractivity contribution in [3.8, 4) is 5.75 Å². The van der Waals surface area contributed by atoms with Crippen LogP contribution in [0.25, 0.3) is 0 Å². The standard InChI is InChI=1S/C9H9N3O3/c1-10-9(14)5-2-3-6-8(11-5)12-7(13)4-15-6/h2-3H,4H2,1H3,(H,10,14)(H,11,12,13). The van der Waals surface area contributed by atoms with E-state index in [4.69, 9.17) is 4.74 Å². The topological polar surface area (TPSA) is 80.3 Å². The van der Waals surface area contributed by atoms with Gasteiger partial charge in [-0.25, -0.2) is 4.98 Å². The van der Waals surface area contributed by atoms with Crippen LogP contribution >= 0.6 is 0 Å². The normalized spacial score (nSPS) is 13.5. The molecule has 0 saturated carbocycles. The molecule has 1 aromatic rings. The number of hydrogen-bond donors (Lipinski definition) is 2. The number of carbonyl (C=O) groups is 2. The summed E-state index contributed by atoms with van der Waals surface area (Å²) in [5, 5.41) is 4.97. The lowest BCUT2D eigenvalue weighted by Crippen LogP contribution is -2.27. The predicted octanol–water partition coefficient (Wildman–Crippen LogP) is -0.228. The number of ether oxygens (including phenoxy) is 1. The highest BCUT2D eigenvalue weighted by Crippen LogP contribution is 2.24. The predicted molar refractivity (Wildman–Crippen MR) is 51.8 cm³/mol. The van der Waals surface area contributed by atoms with Gasteiger partial charge in [-0.05, 0) is 12.1 Å². The van der Waals surface area contributed by atoms with Crippen molar-refractivity contribution in [2.24, 2.45) is 0 Å². The Morgan fingerprint density at radius 3 is 3.13 bits per heavy atom. The third kappa shape index (κ3) is 1.74. The molecule has 0 atom stereocenters. The van der Waals surface area contributed by atoms with Crippen molar-refractivity contribution in [3.63, 3.8) is 0 Å². The minimum Gasteiger partial charge on any atom is -0.480 e. The lowest BCUT2D eigenvalue weighted by molar-refractivity contribution is -0.118. The quantitative estimate of drug-likeness (QED) is 0.666. The van der Waals surface area contributed by atoms with E-state index in [9.17, 15) is 9.59 Å². The zero-order chi connectivity index (χ0) is 10.8. The Balaban J connectivity index is 2.36. The molecule has 2 heterocycles. The number of fused-ring (bicyclic) bond motifs is 1. The second-order valence-corrected chi connectivity index (χ2v) is 2.96. The van der Waals surface area contributed by atoms with Gasteiger partial charge in [-0.1, -0.05) is 0 Å². The lowest BCUT2D eigenvalue weighted by Gasteiger charge is -2.16. The molecule has 6 heteroatoms. The molecule has 0 bridgehead atoms. The first-order chi connectivity index (χ1) is 7.20. The van der Waals surface area contributed by atoms with E-state index in [0.717, 1.165) is 0 Å². The second-order valence-electron chi connectivity index (χ2n) is 2.96. The summed E-state index contributed by atoms with van der Waals surface area (Å²) in [6, 6.07) is 3.14. The highest BCUT2D eigenvalue weighted by molar-refractivity contribution is 5.96. The Morgan fingerprint density at radius 2 is 2.40 bits per heavy atom. The molecular formula is C9H9N3O3. The maximum Gasteiger partial charge on any atom is 0.269 e. The molecule has 0 fully saturated rings. The molecule has 2 N–H and O–H groups in total. The molecule has 0 aliphatic carbocycles. The van der Waals surface area contributed by atoms with Gasteiger partial charge >= 0.3 is 0 Å². The Kier molecular flexibility index (Phi) is 2.24. The average Bonchev–Trinajstić information content (AvgIpc) is 2.27. The molecule has 1 aliphatic heterocycles. The smallest absolute Gasteiger partial charge is 0.269 e. The Morgan fingerprint density at radius 1 is 1.60 bits per heavy atom. The minimum atomic E-state index is -0.308. The first kappa shape index (κ1) is 9.45.